The highest BCUT2D eigenvalue weighted by molar-refractivity contribution is 6.03. The van der Waals surface area contributed by atoms with Gasteiger partial charge in [-0.15, -0.1) is 0 Å². The van der Waals surface area contributed by atoms with Crippen LogP contribution in [0.1, 0.15) is 16.1 Å². The van der Waals surface area contributed by atoms with Crippen LogP contribution in [0, 0.1) is 0 Å². The maximum absolute atomic E-state index is 12.5. The van der Waals surface area contributed by atoms with Crippen LogP contribution >= 0.6 is 0 Å². The molecule has 0 bridgehead atoms. The zero-order chi connectivity index (χ0) is 18.5. The molecule has 0 spiro atoms. The van der Waals surface area contributed by atoms with Gasteiger partial charge in [0.15, 0.2) is 11.5 Å². The molecule has 1 aliphatic heterocycles. The molecule has 0 radical (unpaired) electrons. The summed E-state index contributed by atoms with van der Waals surface area (Å²) in [6.07, 6.45) is 1.37. The minimum absolute atomic E-state index is 0.274. The molecule has 0 atom stereocenters. The third-order valence-corrected chi connectivity index (χ3v) is 4.02. The first-order valence-corrected chi connectivity index (χ1v) is 8.59. The van der Waals surface area contributed by atoms with Gasteiger partial charge in [0.1, 0.15) is 31.1 Å². The lowest BCUT2D eigenvalue weighted by Gasteiger charge is -2.19. The van der Waals surface area contributed by atoms with Gasteiger partial charge in [0.2, 0.25) is 0 Å². The first-order chi connectivity index (χ1) is 13.3. The Morgan fingerprint density at radius 3 is 2.63 bits per heavy atom. The first kappa shape index (κ1) is 16.8. The van der Waals surface area contributed by atoms with Crippen molar-refractivity contribution >= 4 is 17.4 Å². The molecular weight excluding hydrogens is 344 g/mol. The maximum Gasteiger partial charge on any atom is 0.274 e. The molecule has 3 aromatic rings. The van der Waals surface area contributed by atoms with E-state index in [2.05, 4.69) is 20.6 Å². The lowest BCUT2D eigenvalue weighted by atomic mass is 10.2. The summed E-state index contributed by atoms with van der Waals surface area (Å²) < 4.78 is 11.0. The van der Waals surface area contributed by atoms with Crippen molar-refractivity contribution in [3.05, 3.63) is 72.2 Å². The highest BCUT2D eigenvalue weighted by Gasteiger charge is 2.14. The molecule has 136 valence electrons. The molecule has 0 unspecified atom stereocenters. The minimum Gasteiger partial charge on any atom is -0.486 e. The van der Waals surface area contributed by atoms with Crippen LogP contribution in [0.4, 0.5) is 11.5 Å². The van der Waals surface area contributed by atoms with Crippen molar-refractivity contribution in [2.24, 2.45) is 0 Å². The number of carbonyl (C=O) groups excluding carboxylic acids is 1. The number of ether oxygens (including phenoxy) is 2. The van der Waals surface area contributed by atoms with E-state index in [4.69, 9.17) is 9.47 Å². The van der Waals surface area contributed by atoms with Crippen molar-refractivity contribution in [3.63, 3.8) is 0 Å². The first-order valence-electron chi connectivity index (χ1n) is 8.59. The van der Waals surface area contributed by atoms with Gasteiger partial charge >= 0.3 is 0 Å². The Morgan fingerprint density at radius 2 is 1.78 bits per heavy atom. The predicted molar refractivity (Wildman–Crippen MR) is 101 cm³/mol. The molecule has 1 amide bonds. The zero-order valence-corrected chi connectivity index (χ0v) is 14.5. The Labute approximate surface area is 156 Å². The molecule has 1 aromatic heterocycles. The fourth-order valence-electron chi connectivity index (χ4n) is 2.68. The largest absolute Gasteiger partial charge is 0.486 e. The standard InChI is InChI=1S/C20H18N4O3/c25-20(24-15-6-7-17-18(10-15)27-9-8-26-17)16-11-19(23-13-22-16)21-12-14-4-2-1-3-5-14/h1-7,10-11,13H,8-9,12H2,(H,24,25)(H,21,22,23). The molecule has 2 aromatic carbocycles. The average molecular weight is 362 g/mol. The summed E-state index contributed by atoms with van der Waals surface area (Å²) in [7, 11) is 0. The SMILES string of the molecule is O=C(Nc1ccc2c(c1)OCCO2)c1cc(NCc2ccccc2)ncn1. The fraction of sp³-hybridized carbons (Fsp3) is 0.150. The molecule has 0 saturated carbocycles. The van der Waals surface area contributed by atoms with Crippen molar-refractivity contribution in [1.82, 2.24) is 9.97 Å². The molecule has 7 heteroatoms. The molecule has 2 heterocycles. The van der Waals surface area contributed by atoms with E-state index in [0.717, 1.165) is 5.56 Å². The number of benzene rings is 2. The number of nitrogens with one attached hydrogen (secondary N) is 2. The minimum atomic E-state index is -0.322. The number of hydrogen-bond acceptors (Lipinski definition) is 6. The van der Waals surface area contributed by atoms with Crippen LogP contribution in [0.5, 0.6) is 11.5 Å². The number of carbonyl (C=O) groups is 1. The van der Waals surface area contributed by atoms with Crippen LogP contribution in [-0.2, 0) is 6.54 Å². The van der Waals surface area contributed by atoms with Gasteiger partial charge in [0, 0.05) is 24.4 Å². The van der Waals surface area contributed by atoms with Crippen LogP contribution < -0.4 is 20.1 Å². The number of hydrogen-bond donors (Lipinski definition) is 2. The molecule has 0 saturated heterocycles. The number of aromatic nitrogens is 2. The average Bonchev–Trinajstić information content (AvgIpc) is 2.73. The summed E-state index contributed by atoms with van der Waals surface area (Å²) in [4.78, 5) is 20.7. The molecule has 0 fully saturated rings. The smallest absolute Gasteiger partial charge is 0.274 e. The highest BCUT2D eigenvalue weighted by Crippen LogP contribution is 2.32. The Hall–Kier alpha value is -3.61. The molecule has 4 rings (SSSR count). The topological polar surface area (TPSA) is 85.4 Å². The Kier molecular flexibility index (Phi) is 4.82. The van der Waals surface area contributed by atoms with E-state index in [0.29, 0.717) is 42.8 Å². The zero-order valence-electron chi connectivity index (χ0n) is 14.5. The van der Waals surface area contributed by atoms with Crippen LogP contribution in [0.2, 0.25) is 0 Å². The van der Waals surface area contributed by atoms with Gasteiger partial charge in [0.05, 0.1) is 0 Å². The van der Waals surface area contributed by atoms with Crippen LogP contribution in [0.15, 0.2) is 60.9 Å². The van der Waals surface area contributed by atoms with Gasteiger partial charge in [0.25, 0.3) is 5.91 Å². The summed E-state index contributed by atoms with van der Waals surface area (Å²) >= 11 is 0. The van der Waals surface area contributed by atoms with Crippen molar-refractivity contribution in [2.45, 2.75) is 6.54 Å². The molecule has 27 heavy (non-hydrogen) atoms. The van der Waals surface area contributed by atoms with E-state index >= 15 is 0 Å². The summed E-state index contributed by atoms with van der Waals surface area (Å²) in [5.41, 5.74) is 2.01. The van der Waals surface area contributed by atoms with Gasteiger partial charge in [-0.25, -0.2) is 9.97 Å². The summed E-state index contributed by atoms with van der Waals surface area (Å²) in [6.45, 7) is 1.63. The van der Waals surface area contributed by atoms with E-state index in [-0.39, 0.29) is 11.6 Å². The van der Waals surface area contributed by atoms with Gasteiger partial charge in [-0.2, -0.15) is 0 Å². The van der Waals surface area contributed by atoms with Crippen molar-refractivity contribution in [1.29, 1.82) is 0 Å². The van der Waals surface area contributed by atoms with Crippen molar-refractivity contribution < 1.29 is 14.3 Å². The maximum atomic E-state index is 12.5. The Balaban J connectivity index is 1.43. The van der Waals surface area contributed by atoms with Crippen LogP contribution in [-0.4, -0.2) is 29.1 Å². The second-order valence-corrected chi connectivity index (χ2v) is 5.94. The highest BCUT2D eigenvalue weighted by atomic mass is 16.6. The third kappa shape index (κ3) is 4.14. The second-order valence-electron chi connectivity index (χ2n) is 5.94. The number of anilines is 2. The van der Waals surface area contributed by atoms with Gasteiger partial charge in [-0.3, -0.25) is 4.79 Å². The number of amides is 1. The van der Waals surface area contributed by atoms with E-state index in [1.807, 2.05) is 30.3 Å². The number of rotatable bonds is 5. The second kappa shape index (κ2) is 7.74. The summed E-state index contributed by atoms with van der Waals surface area (Å²) in [5.74, 6) is 1.55. The normalized spacial score (nSPS) is 12.3. The van der Waals surface area contributed by atoms with E-state index < -0.39 is 0 Å². The predicted octanol–water partition coefficient (Wildman–Crippen LogP) is 3.11. The van der Waals surface area contributed by atoms with E-state index in [9.17, 15) is 4.79 Å². The Bertz CT molecular complexity index is 947. The fourth-order valence-corrected chi connectivity index (χ4v) is 2.68. The van der Waals surface area contributed by atoms with Gasteiger partial charge in [-0.1, -0.05) is 30.3 Å². The third-order valence-electron chi connectivity index (χ3n) is 4.02. The monoisotopic (exact) mass is 362 g/mol. The number of fused-ring (bicyclic) bond motifs is 1. The quantitative estimate of drug-likeness (QED) is 0.725. The molecule has 0 aliphatic carbocycles. The van der Waals surface area contributed by atoms with Crippen LogP contribution in [0.25, 0.3) is 0 Å². The van der Waals surface area contributed by atoms with Gasteiger partial charge < -0.3 is 20.1 Å². The molecule has 1 aliphatic rings. The molecule has 7 nitrogen and oxygen atoms in total. The van der Waals surface area contributed by atoms with Crippen molar-refractivity contribution in [2.75, 3.05) is 23.8 Å². The lowest BCUT2D eigenvalue weighted by molar-refractivity contribution is 0.102. The Morgan fingerprint density at radius 1 is 0.963 bits per heavy atom. The molecular formula is C20H18N4O3. The van der Waals surface area contributed by atoms with Gasteiger partial charge in [-0.05, 0) is 17.7 Å². The molecule has 2 N–H and O–H groups in total. The number of nitrogens with zero attached hydrogens (tertiary/aromatic N) is 2. The van der Waals surface area contributed by atoms with E-state index in [1.54, 1.807) is 24.3 Å². The summed E-state index contributed by atoms with van der Waals surface area (Å²) in [6, 6.07) is 16.9. The lowest BCUT2D eigenvalue weighted by Crippen LogP contribution is -2.17. The van der Waals surface area contributed by atoms with Crippen LogP contribution in [0.3, 0.4) is 0 Å². The summed E-state index contributed by atoms with van der Waals surface area (Å²) in [5, 5.41) is 6.01. The van der Waals surface area contributed by atoms with E-state index in [1.165, 1.54) is 6.33 Å². The van der Waals surface area contributed by atoms with Crippen molar-refractivity contribution in [3.8, 4) is 11.5 Å².